The number of carbonyl (C=O) groups is 2. The van der Waals surface area contributed by atoms with Crippen LogP contribution in [-0.4, -0.2) is 43.0 Å². The molecule has 1 heterocycles. The van der Waals surface area contributed by atoms with E-state index in [9.17, 15) is 9.59 Å². The summed E-state index contributed by atoms with van der Waals surface area (Å²) in [7, 11) is 1.60. The van der Waals surface area contributed by atoms with Crippen molar-refractivity contribution in [2.45, 2.75) is 25.3 Å². The average molecular weight is 288 g/mol. The van der Waals surface area contributed by atoms with Gasteiger partial charge in [0, 0.05) is 30.6 Å². The van der Waals surface area contributed by atoms with Crippen molar-refractivity contribution in [1.82, 2.24) is 10.2 Å². The lowest BCUT2D eigenvalue weighted by atomic mass is 10.2. The van der Waals surface area contributed by atoms with Gasteiger partial charge in [-0.25, -0.2) is 0 Å². The van der Waals surface area contributed by atoms with Crippen LogP contribution in [0.5, 0.6) is 5.75 Å². The number of nitrogens with one attached hydrogen (secondary N) is 1. The fraction of sp³-hybridized carbons (Fsp3) is 0.500. The molecule has 0 radical (unpaired) electrons. The zero-order chi connectivity index (χ0) is 14.8. The number of rotatable bonds is 4. The normalized spacial score (nSPS) is 21.2. The molecule has 5 nitrogen and oxygen atoms in total. The van der Waals surface area contributed by atoms with Crippen molar-refractivity contribution >= 4 is 11.8 Å². The van der Waals surface area contributed by atoms with Crippen molar-refractivity contribution in [3.05, 3.63) is 29.8 Å². The van der Waals surface area contributed by atoms with E-state index in [2.05, 4.69) is 5.32 Å². The molecule has 5 heteroatoms. The molecule has 112 valence electrons. The van der Waals surface area contributed by atoms with Gasteiger partial charge in [0.25, 0.3) is 5.91 Å². The molecule has 0 aromatic heterocycles. The lowest BCUT2D eigenvalue weighted by Gasteiger charge is -2.17. The van der Waals surface area contributed by atoms with Gasteiger partial charge >= 0.3 is 0 Å². The van der Waals surface area contributed by atoms with Gasteiger partial charge in [-0.2, -0.15) is 0 Å². The summed E-state index contributed by atoms with van der Waals surface area (Å²) >= 11 is 0. The summed E-state index contributed by atoms with van der Waals surface area (Å²) in [5.41, 5.74) is 0.614. The number of nitrogens with zero attached hydrogens (tertiary/aromatic N) is 1. The summed E-state index contributed by atoms with van der Waals surface area (Å²) in [6.07, 6.45) is 2.89. The van der Waals surface area contributed by atoms with Crippen LogP contribution in [0.4, 0.5) is 0 Å². The minimum atomic E-state index is -0.0941. The van der Waals surface area contributed by atoms with E-state index in [1.54, 1.807) is 31.4 Å². The van der Waals surface area contributed by atoms with Crippen molar-refractivity contribution in [2.75, 3.05) is 20.2 Å². The van der Waals surface area contributed by atoms with E-state index in [-0.39, 0.29) is 23.8 Å². The first kappa shape index (κ1) is 13.9. The number of likely N-dealkylation sites (tertiary alicyclic amines) is 1. The van der Waals surface area contributed by atoms with Gasteiger partial charge in [-0.15, -0.1) is 0 Å². The van der Waals surface area contributed by atoms with Crippen LogP contribution in [0.15, 0.2) is 24.3 Å². The number of methoxy groups -OCH3 is 1. The van der Waals surface area contributed by atoms with Crippen molar-refractivity contribution < 1.29 is 14.3 Å². The third-order valence-electron chi connectivity index (χ3n) is 4.11. The highest BCUT2D eigenvalue weighted by molar-refractivity contribution is 5.94. The molecular formula is C16H20N2O3. The summed E-state index contributed by atoms with van der Waals surface area (Å²) < 4.78 is 5.08. The second kappa shape index (κ2) is 5.76. The molecule has 2 fully saturated rings. The van der Waals surface area contributed by atoms with Gasteiger partial charge in [0.05, 0.1) is 7.11 Å². The van der Waals surface area contributed by atoms with Gasteiger partial charge in [-0.3, -0.25) is 9.59 Å². The second-order valence-corrected chi connectivity index (χ2v) is 5.75. The molecule has 0 bridgehead atoms. The van der Waals surface area contributed by atoms with Crippen LogP contribution < -0.4 is 10.1 Å². The van der Waals surface area contributed by atoms with Crippen molar-refractivity contribution in [1.29, 1.82) is 0 Å². The number of ether oxygens (including phenoxy) is 1. The smallest absolute Gasteiger partial charge is 0.251 e. The predicted molar refractivity (Wildman–Crippen MR) is 78.2 cm³/mol. The Kier molecular flexibility index (Phi) is 3.82. The number of hydrogen-bond donors (Lipinski definition) is 1. The largest absolute Gasteiger partial charge is 0.497 e. The Bertz CT molecular complexity index is 537. The van der Waals surface area contributed by atoms with Gasteiger partial charge < -0.3 is 15.0 Å². The van der Waals surface area contributed by atoms with Crippen molar-refractivity contribution in [3.8, 4) is 5.75 Å². The molecule has 1 unspecified atom stereocenters. The monoisotopic (exact) mass is 288 g/mol. The fourth-order valence-electron chi connectivity index (χ4n) is 2.68. The third-order valence-corrected chi connectivity index (χ3v) is 4.11. The molecule has 1 aliphatic carbocycles. The molecule has 1 aromatic rings. The van der Waals surface area contributed by atoms with Crippen LogP contribution in [0.3, 0.4) is 0 Å². The van der Waals surface area contributed by atoms with E-state index in [1.807, 2.05) is 4.90 Å². The maximum atomic E-state index is 12.2. The zero-order valence-corrected chi connectivity index (χ0v) is 12.2. The van der Waals surface area contributed by atoms with E-state index in [0.717, 1.165) is 31.6 Å². The Labute approximate surface area is 124 Å². The van der Waals surface area contributed by atoms with E-state index in [1.165, 1.54) is 0 Å². The SMILES string of the molecule is COc1ccc(C(=O)NC2CCN(C(=O)C3CC3)C2)cc1. The summed E-state index contributed by atoms with van der Waals surface area (Å²) in [6.45, 7) is 1.39. The van der Waals surface area contributed by atoms with E-state index < -0.39 is 0 Å². The van der Waals surface area contributed by atoms with Crippen LogP contribution in [0, 0.1) is 5.92 Å². The predicted octanol–water partition coefficient (Wildman–Crippen LogP) is 1.44. The van der Waals surface area contributed by atoms with Crippen LogP contribution in [-0.2, 0) is 4.79 Å². The fourth-order valence-corrected chi connectivity index (χ4v) is 2.68. The Morgan fingerprint density at radius 3 is 2.52 bits per heavy atom. The van der Waals surface area contributed by atoms with Crippen molar-refractivity contribution in [3.63, 3.8) is 0 Å². The molecule has 1 N–H and O–H groups in total. The highest BCUT2D eigenvalue weighted by atomic mass is 16.5. The maximum Gasteiger partial charge on any atom is 0.251 e. The molecule has 2 aliphatic rings. The lowest BCUT2D eigenvalue weighted by molar-refractivity contribution is -0.131. The minimum Gasteiger partial charge on any atom is -0.497 e. The number of carbonyl (C=O) groups excluding carboxylic acids is 2. The molecule has 0 spiro atoms. The molecule has 3 rings (SSSR count). The highest BCUT2D eigenvalue weighted by Crippen LogP contribution is 2.32. The lowest BCUT2D eigenvalue weighted by Crippen LogP contribution is -2.38. The van der Waals surface area contributed by atoms with Gasteiger partial charge in [0.2, 0.25) is 5.91 Å². The summed E-state index contributed by atoms with van der Waals surface area (Å²) in [5, 5.41) is 3.00. The van der Waals surface area contributed by atoms with Crippen molar-refractivity contribution in [2.24, 2.45) is 5.92 Å². The summed E-state index contributed by atoms with van der Waals surface area (Å²) in [4.78, 5) is 26.0. The molecule has 1 saturated heterocycles. The maximum absolute atomic E-state index is 12.2. The summed E-state index contributed by atoms with van der Waals surface area (Å²) in [6, 6.07) is 7.09. The van der Waals surface area contributed by atoms with Gasteiger partial charge in [-0.05, 0) is 43.5 Å². The Morgan fingerprint density at radius 2 is 1.90 bits per heavy atom. The van der Waals surface area contributed by atoms with Crippen LogP contribution in [0.25, 0.3) is 0 Å². The molecule has 1 atom stereocenters. The van der Waals surface area contributed by atoms with Crippen LogP contribution in [0.2, 0.25) is 0 Å². The Balaban J connectivity index is 1.54. The number of benzene rings is 1. The minimum absolute atomic E-state index is 0.0577. The number of amides is 2. The van der Waals surface area contributed by atoms with Gasteiger partial charge in [0.15, 0.2) is 0 Å². The van der Waals surface area contributed by atoms with Gasteiger partial charge in [-0.1, -0.05) is 0 Å². The topological polar surface area (TPSA) is 58.6 Å². The highest BCUT2D eigenvalue weighted by Gasteiger charge is 2.36. The quantitative estimate of drug-likeness (QED) is 0.912. The van der Waals surface area contributed by atoms with E-state index >= 15 is 0 Å². The molecule has 1 aliphatic heterocycles. The Hall–Kier alpha value is -2.04. The van der Waals surface area contributed by atoms with E-state index in [0.29, 0.717) is 12.1 Å². The van der Waals surface area contributed by atoms with Crippen LogP contribution >= 0.6 is 0 Å². The zero-order valence-electron chi connectivity index (χ0n) is 12.2. The van der Waals surface area contributed by atoms with Gasteiger partial charge in [0.1, 0.15) is 5.75 Å². The molecule has 21 heavy (non-hydrogen) atoms. The Morgan fingerprint density at radius 1 is 1.19 bits per heavy atom. The first-order chi connectivity index (χ1) is 10.2. The average Bonchev–Trinajstić information content (AvgIpc) is 3.26. The first-order valence-electron chi connectivity index (χ1n) is 7.41. The molecule has 1 aromatic carbocycles. The number of hydrogen-bond acceptors (Lipinski definition) is 3. The van der Waals surface area contributed by atoms with Crippen LogP contribution in [0.1, 0.15) is 29.6 Å². The van der Waals surface area contributed by atoms with E-state index in [4.69, 9.17) is 4.74 Å². The first-order valence-corrected chi connectivity index (χ1v) is 7.41. The third kappa shape index (κ3) is 3.17. The molecule has 1 saturated carbocycles. The standard InChI is InChI=1S/C16H20N2O3/c1-21-14-6-4-11(5-7-14)15(19)17-13-8-9-18(10-13)16(20)12-2-3-12/h4-7,12-13H,2-3,8-10H2,1H3,(H,17,19). The molecule has 2 amide bonds. The molecular weight excluding hydrogens is 268 g/mol. The second-order valence-electron chi connectivity index (χ2n) is 5.75. The summed E-state index contributed by atoms with van der Waals surface area (Å²) in [5.74, 6) is 1.15.